The Morgan fingerprint density at radius 1 is 1.27 bits per heavy atom. The van der Waals surface area contributed by atoms with E-state index in [1.54, 1.807) is 12.1 Å². The topological polar surface area (TPSA) is 38.8 Å². The number of unbranched alkanes of at least 4 members (excludes halogenated alkanes) is 1. The molecule has 122 valence electrons. The van der Waals surface area contributed by atoms with Crippen LogP contribution in [0.1, 0.15) is 43.0 Å². The van der Waals surface area contributed by atoms with Crippen molar-refractivity contribution in [2.24, 2.45) is 5.92 Å². The zero-order valence-electron chi connectivity index (χ0n) is 13.7. The highest BCUT2D eigenvalue weighted by Gasteiger charge is 2.15. The van der Waals surface area contributed by atoms with E-state index in [4.69, 9.17) is 4.74 Å². The number of piperidine rings is 1. The Morgan fingerprint density at radius 3 is 2.73 bits per heavy atom. The largest absolute Gasteiger partial charge is 0.494 e. The van der Waals surface area contributed by atoms with Gasteiger partial charge in [-0.2, -0.15) is 0 Å². The predicted molar refractivity (Wildman–Crippen MR) is 87.3 cm³/mol. The molecule has 1 aliphatic heterocycles. The number of hydrogen-bond acceptors (Lipinski definition) is 4. The summed E-state index contributed by atoms with van der Waals surface area (Å²) in [6.45, 7) is 6.74. The summed E-state index contributed by atoms with van der Waals surface area (Å²) in [5, 5.41) is 0. The fourth-order valence-corrected chi connectivity index (χ4v) is 2.92. The molecule has 22 heavy (non-hydrogen) atoms. The molecule has 1 heterocycles. The Morgan fingerprint density at radius 2 is 2.05 bits per heavy atom. The number of ether oxygens (including phenoxy) is 2. The monoisotopic (exact) mass is 305 g/mol. The van der Waals surface area contributed by atoms with E-state index in [2.05, 4.69) is 16.6 Å². The van der Waals surface area contributed by atoms with Crippen LogP contribution in [0.5, 0.6) is 5.75 Å². The molecular weight excluding hydrogens is 278 g/mol. The van der Waals surface area contributed by atoms with Crippen molar-refractivity contribution in [3.63, 3.8) is 0 Å². The molecule has 2 rings (SSSR count). The van der Waals surface area contributed by atoms with E-state index in [-0.39, 0.29) is 5.97 Å². The first kappa shape index (κ1) is 16.8. The van der Waals surface area contributed by atoms with Gasteiger partial charge in [-0.15, -0.1) is 0 Å². The van der Waals surface area contributed by atoms with Gasteiger partial charge in [-0.3, -0.25) is 0 Å². The van der Waals surface area contributed by atoms with Crippen molar-refractivity contribution in [1.82, 2.24) is 4.90 Å². The Kier molecular flexibility index (Phi) is 6.72. The highest BCUT2D eigenvalue weighted by atomic mass is 16.5. The molecule has 0 saturated carbocycles. The van der Waals surface area contributed by atoms with E-state index in [1.165, 1.54) is 46.0 Å². The second kappa shape index (κ2) is 8.79. The third kappa shape index (κ3) is 5.34. The second-order valence-corrected chi connectivity index (χ2v) is 6.12. The summed E-state index contributed by atoms with van der Waals surface area (Å²) in [5.41, 5.74) is 0.550. The minimum atomic E-state index is -0.317. The van der Waals surface area contributed by atoms with Crippen LogP contribution in [-0.2, 0) is 4.74 Å². The van der Waals surface area contributed by atoms with Gasteiger partial charge in [0, 0.05) is 6.54 Å². The maximum atomic E-state index is 11.3. The van der Waals surface area contributed by atoms with Gasteiger partial charge in [0.05, 0.1) is 19.3 Å². The molecule has 0 bridgehead atoms. The molecule has 0 aromatic heterocycles. The average Bonchev–Trinajstić information content (AvgIpc) is 2.54. The zero-order chi connectivity index (χ0) is 15.8. The number of rotatable bonds is 7. The molecule has 0 amide bonds. The van der Waals surface area contributed by atoms with Crippen molar-refractivity contribution in [3.05, 3.63) is 29.8 Å². The van der Waals surface area contributed by atoms with Gasteiger partial charge in [-0.05, 0) is 69.0 Å². The highest BCUT2D eigenvalue weighted by Crippen LogP contribution is 2.16. The summed E-state index contributed by atoms with van der Waals surface area (Å²) >= 11 is 0. The van der Waals surface area contributed by atoms with Crippen LogP contribution in [-0.4, -0.2) is 44.2 Å². The van der Waals surface area contributed by atoms with Crippen molar-refractivity contribution in [1.29, 1.82) is 0 Å². The molecular formula is C18H27NO3. The second-order valence-electron chi connectivity index (χ2n) is 6.12. The van der Waals surface area contributed by atoms with E-state index in [0.717, 1.165) is 24.7 Å². The number of likely N-dealkylation sites (tertiary alicyclic amines) is 1. The zero-order valence-corrected chi connectivity index (χ0v) is 13.7. The maximum Gasteiger partial charge on any atom is 0.337 e. The standard InChI is InChI=1S/C18H27NO3/c1-15-6-5-12-19(14-15)11-3-4-13-22-17-9-7-16(8-10-17)18(20)21-2/h7-10,15H,3-6,11-14H2,1-2H3/t15-/m0/s1. The first-order valence-corrected chi connectivity index (χ1v) is 8.22. The molecule has 1 saturated heterocycles. The van der Waals surface area contributed by atoms with Crippen LogP contribution < -0.4 is 4.74 Å². The van der Waals surface area contributed by atoms with Gasteiger partial charge in [0.1, 0.15) is 5.75 Å². The van der Waals surface area contributed by atoms with Crippen LogP contribution >= 0.6 is 0 Å². The van der Waals surface area contributed by atoms with Gasteiger partial charge < -0.3 is 14.4 Å². The number of methoxy groups -OCH3 is 1. The third-order valence-electron chi connectivity index (χ3n) is 4.15. The summed E-state index contributed by atoms with van der Waals surface area (Å²) in [5.74, 6) is 1.33. The number of nitrogens with zero attached hydrogens (tertiary/aromatic N) is 1. The van der Waals surface area contributed by atoms with Crippen LogP contribution in [0.25, 0.3) is 0 Å². The number of carbonyl (C=O) groups is 1. The van der Waals surface area contributed by atoms with Crippen molar-refractivity contribution >= 4 is 5.97 Å². The Labute approximate surface area is 133 Å². The van der Waals surface area contributed by atoms with Crippen molar-refractivity contribution < 1.29 is 14.3 Å². The Balaban J connectivity index is 1.61. The lowest BCUT2D eigenvalue weighted by Gasteiger charge is -2.30. The fourth-order valence-electron chi connectivity index (χ4n) is 2.92. The molecule has 0 spiro atoms. The normalized spacial score (nSPS) is 18.9. The van der Waals surface area contributed by atoms with Gasteiger partial charge in [-0.25, -0.2) is 4.79 Å². The number of hydrogen-bond donors (Lipinski definition) is 0. The molecule has 1 fully saturated rings. The van der Waals surface area contributed by atoms with Gasteiger partial charge in [0.15, 0.2) is 0 Å². The van der Waals surface area contributed by atoms with E-state index in [0.29, 0.717) is 5.56 Å². The lowest BCUT2D eigenvalue weighted by molar-refractivity contribution is 0.0600. The summed E-state index contributed by atoms with van der Waals surface area (Å²) in [4.78, 5) is 13.9. The van der Waals surface area contributed by atoms with Crippen LogP contribution in [0.2, 0.25) is 0 Å². The minimum Gasteiger partial charge on any atom is -0.494 e. The van der Waals surface area contributed by atoms with Crippen molar-refractivity contribution in [2.75, 3.05) is 33.4 Å². The van der Waals surface area contributed by atoms with Gasteiger partial charge >= 0.3 is 5.97 Å². The van der Waals surface area contributed by atoms with Gasteiger partial charge in [-0.1, -0.05) is 6.92 Å². The summed E-state index contributed by atoms with van der Waals surface area (Å²) in [6.07, 6.45) is 4.95. The van der Waals surface area contributed by atoms with Crippen molar-refractivity contribution in [2.45, 2.75) is 32.6 Å². The summed E-state index contributed by atoms with van der Waals surface area (Å²) in [7, 11) is 1.38. The molecule has 1 aliphatic rings. The highest BCUT2D eigenvalue weighted by molar-refractivity contribution is 5.89. The van der Waals surface area contributed by atoms with Crippen LogP contribution in [0.3, 0.4) is 0 Å². The predicted octanol–water partition coefficient (Wildman–Crippen LogP) is 3.36. The molecule has 1 aromatic rings. The SMILES string of the molecule is COC(=O)c1ccc(OCCCCN2CCC[C@H](C)C2)cc1. The molecule has 1 atom stereocenters. The van der Waals surface area contributed by atoms with Crippen LogP contribution in [0.15, 0.2) is 24.3 Å². The molecule has 0 radical (unpaired) electrons. The van der Waals surface area contributed by atoms with Crippen LogP contribution in [0, 0.1) is 5.92 Å². The van der Waals surface area contributed by atoms with Crippen LogP contribution in [0.4, 0.5) is 0 Å². The Hall–Kier alpha value is -1.55. The first-order valence-electron chi connectivity index (χ1n) is 8.22. The van der Waals surface area contributed by atoms with E-state index in [1.807, 2.05) is 12.1 Å². The van der Waals surface area contributed by atoms with Gasteiger partial charge in [0.25, 0.3) is 0 Å². The molecule has 4 heteroatoms. The summed E-state index contributed by atoms with van der Waals surface area (Å²) < 4.78 is 10.4. The maximum absolute atomic E-state index is 11.3. The minimum absolute atomic E-state index is 0.317. The molecule has 0 unspecified atom stereocenters. The molecule has 1 aromatic carbocycles. The molecule has 0 N–H and O–H groups in total. The molecule has 4 nitrogen and oxygen atoms in total. The lowest BCUT2D eigenvalue weighted by Crippen LogP contribution is -2.35. The van der Waals surface area contributed by atoms with Crippen molar-refractivity contribution in [3.8, 4) is 5.75 Å². The van der Waals surface area contributed by atoms with E-state index in [9.17, 15) is 4.79 Å². The van der Waals surface area contributed by atoms with E-state index >= 15 is 0 Å². The number of esters is 1. The fraction of sp³-hybridized carbons (Fsp3) is 0.611. The Bertz CT molecular complexity index is 458. The third-order valence-corrected chi connectivity index (χ3v) is 4.15. The van der Waals surface area contributed by atoms with Gasteiger partial charge in [0.2, 0.25) is 0 Å². The summed E-state index contributed by atoms with van der Waals surface area (Å²) in [6, 6.07) is 7.10. The number of benzene rings is 1. The average molecular weight is 305 g/mol. The lowest BCUT2D eigenvalue weighted by atomic mass is 10.0. The smallest absolute Gasteiger partial charge is 0.337 e. The first-order chi connectivity index (χ1) is 10.7. The quantitative estimate of drug-likeness (QED) is 0.572. The van der Waals surface area contributed by atoms with E-state index < -0.39 is 0 Å². The molecule has 0 aliphatic carbocycles. The number of carbonyl (C=O) groups excluding carboxylic acids is 1.